The maximum Gasteiger partial charge on any atom is 0.340 e. The van der Waals surface area contributed by atoms with Crippen LogP contribution in [0.2, 0.25) is 0 Å². The fourth-order valence-corrected chi connectivity index (χ4v) is 3.41. The number of hydrogen-bond donors (Lipinski definition) is 3. The molecule has 3 N–H and O–H groups in total. The summed E-state index contributed by atoms with van der Waals surface area (Å²) in [6.45, 7) is 1.66. The third-order valence-electron chi connectivity index (χ3n) is 2.79. The molecule has 0 saturated heterocycles. The van der Waals surface area contributed by atoms with E-state index >= 15 is 0 Å². The average Bonchev–Trinajstić information content (AvgIpc) is 2.89. The minimum Gasteiger partial charge on any atom is -0.508 e. The summed E-state index contributed by atoms with van der Waals surface area (Å²) in [6, 6.07) is 5.67. The Morgan fingerprint density at radius 3 is 2.71 bits per heavy atom. The van der Waals surface area contributed by atoms with Gasteiger partial charge in [-0.15, -0.1) is 0 Å². The molecule has 0 aliphatic heterocycles. The highest BCUT2D eigenvalue weighted by Crippen LogP contribution is 2.26. The Bertz CT molecular complexity index is 769. The molecule has 0 bridgehead atoms. The van der Waals surface area contributed by atoms with Gasteiger partial charge in [0, 0.05) is 12.6 Å². The fraction of sp³-hybridized carbons (Fsp3) is 0.167. The lowest BCUT2D eigenvalue weighted by Crippen LogP contribution is -2.32. The number of carboxylic acids is 1. The molecule has 0 amide bonds. The van der Waals surface area contributed by atoms with Gasteiger partial charge in [-0.1, -0.05) is 6.07 Å². The summed E-state index contributed by atoms with van der Waals surface area (Å²) in [5.41, 5.74) is -0.211. The highest BCUT2D eigenvalue weighted by molar-refractivity contribution is 7.92. The van der Waals surface area contributed by atoms with Crippen molar-refractivity contribution < 1.29 is 23.4 Å². The Morgan fingerprint density at radius 1 is 1.43 bits per heavy atom. The molecule has 0 radical (unpaired) electrons. The first-order valence-electron chi connectivity index (χ1n) is 5.96. The first-order valence-corrected chi connectivity index (χ1v) is 7.40. The molecule has 9 heteroatoms. The van der Waals surface area contributed by atoms with E-state index in [9.17, 15) is 18.3 Å². The van der Waals surface area contributed by atoms with E-state index in [-0.39, 0.29) is 18.0 Å². The molecule has 0 saturated carbocycles. The number of nitrogens with one attached hydrogen (secondary N) is 1. The Morgan fingerprint density at radius 2 is 2.14 bits per heavy atom. The molecule has 8 nitrogen and oxygen atoms in total. The molecule has 1 heterocycles. The highest BCUT2D eigenvalue weighted by atomic mass is 32.2. The number of sulfonamides is 1. The van der Waals surface area contributed by atoms with Gasteiger partial charge in [0.1, 0.15) is 11.3 Å². The number of benzene rings is 1. The van der Waals surface area contributed by atoms with Crippen molar-refractivity contribution in [3.63, 3.8) is 0 Å². The number of carboxylic acid groups (broad SMARTS) is 1. The van der Waals surface area contributed by atoms with Crippen molar-refractivity contribution in [2.75, 3.05) is 10.8 Å². The summed E-state index contributed by atoms with van der Waals surface area (Å²) < 4.78 is 26.1. The highest BCUT2D eigenvalue weighted by Gasteiger charge is 2.30. The molecule has 0 unspecified atom stereocenters. The predicted octanol–water partition coefficient (Wildman–Crippen LogP) is 1.03. The summed E-state index contributed by atoms with van der Waals surface area (Å²) in [5.74, 6) is -1.49. The van der Waals surface area contributed by atoms with Crippen LogP contribution in [0, 0.1) is 0 Å². The number of carbonyl (C=O) groups is 1. The SMILES string of the molecule is CCN(c1cccc(O)c1)S(=O)(=O)c1[nH]ncc1C(=O)O. The molecule has 2 aromatic rings. The van der Waals surface area contributed by atoms with Crippen LogP contribution in [0.25, 0.3) is 0 Å². The van der Waals surface area contributed by atoms with Gasteiger partial charge in [-0.2, -0.15) is 13.5 Å². The molecule has 0 aliphatic carbocycles. The van der Waals surface area contributed by atoms with Crippen molar-refractivity contribution in [2.24, 2.45) is 0 Å². The quantitative estimate of drug-likeness (QED) is 0.757. The minimum atomic E-state index is -4.13. The maximum atomic E-state index is 12.6. The smallest absolute Gasteiger partial charge is 0.340 e. The Kier molecular flexibility index (Phi) is 3.85. The van der Waals surface area contributed by atoms with Gasteiger partial charge in [0.15, 0.2) is 5.03 Å². The van der Waals surface area contributed by atoms with Crippen LogP contribution in [0.3, 0.4) is 0 Å². The molecule has 1 aromatic heterocycles. The first-order chi connectivity index (χ1) is 9.87. The number of anilines is 1. The van der Waals surface area contributed by atoms with Crippen LogP contribution in [-0.2, 0) is 10.0 Å². The fourth-order valence-electron chi connectivity index (χ4n) is 1.87. The van der Waals surface area contributed by atoms with Gasteiger partial charge in [-0.05, 0) is 19.1 Å². The lowest BCUT2D eigenvalue weighted by atomic mass is 10.3. The maximum absolute atomic E-state index is 12.6. The van der Waals surface area contributed by atoms with Gasteiger partial charge in [-0.3, -0.25) is 9.40 Å². The number of aromatic amines is 1. The molecule has 0 aliphatic rings. The molecule has 2 rings (SSSR count). The molecule has 112 valence electrons. The van der Waals surface area contributed by atoms with E-state index in [1.807, 2.05) is 0 Å². The van der Waals surface area contributed by atoms with Gasteiger partial charge in [0.25, 0.3) is 10.0 Å². The molecular formula is C12H13N3O5S. The normalized spacial score (nSPS) is 11.3. The monoisotopic (exact) mass is 311 g/mol. The van der Waals surface area contributed by atoms with Crippen molar-refractivity contribution in [2.45, 2.75) is 11.9 Å². The van der Waals surface area contributed by atoms with Crippen molar-refractivity contribution >= 4 is 21.7 Å². The Labute approximate surface area is 120 Å². The van der Waals surface area contributed by atoms with E-state index in [4.69, 9.17) is 5.11 Å². The molecule has 0 atom stereocenters. The number of aromatic carboxylic acids is 1. The van der Waals surface area contributed by atoms with E-state index in [2.05, 4.69) is 10.2 Å². The van der Waals surface area contributed by atoms with Gasteiger partial charge in [-0.25, -0.2) is 4.79 Å². The molecular weight excluding hydrogens is 298 g/mol. The lowest BCUT2D eigenvalue weighted by molar-refractivity contribution is 0.0692. The average molecular weight is 311 g/mol. The number of aromatic nitrogens is 2. The third kappa shape index (κ3) is 2.68. The number of phenolic OH excluding ortho intramolecular Hbond substituents is 1. The first kappa shape index (κ1) is 14.9. The van der Waals surface area contributed by atoms with Crippen molar-refractivity contribution in [3.8, 4) is 5.75 Å². The number of H-pyrrole nitrogens is 1. The number of rotatable bonds is 5. The summed E-state index contributed by atoms with van der Waals surface area (Å²) in [5, 5.41) is 23.6. The zero-order valence-electron chi connectivity index (χ0n) is 11.0. The second-order valence-electron chi connectivity index (χ2n) is 4.11. The molecule has 21 heavy (non-hydrogen) atoms. The lowest BCUT2D eigenvalue weighted by Gasteiger charge is -2.22. The molecule has 1 aromatic carbocycles. The minimum absolute atomic E-state index is 0.0594. The Balaban J connectivity index is 2.55. The van der Waals surface area contributed by atoms with E-state index in [1.54, 1.807) is 6.92 Å². The van der Waals surface area contributed by atoms with E-state index in [0.717, 1.165) is 10.5 Å². The van der Waals surface area contributed by atoms with Gasteiger partial charge >= 0.3 is 5.97 Å². The van der Waals surface area contributed by atoms with Crippen LogP contribution < -0.4 is 4.31 Å². The Hall–Kier alpha value is -2.55. The van der Waals surface area contributed by atoms with Crippen LogP contribution in [0.5, 0.6) is 5.75 Å². The van der Waals surface area contributed by atoms with Crippen molar-refractivity contribution in [1.29, 1.82) is 0 Å². The summed E-state index contributed by atoms with van der Waals surface area (Å²) in [4.78, 5) is 11.0. The number of nitrogens with zero attached hydrogens (tertiary/aromatic N) is 2. The molecule has 0 spiro atoms. The van der Waals surface area contributed by atoms with E-state index < -0.39 is 26.6 Å². The number of aromatic hydroxyl groups is 1. The standard InChI is InChI=1S/C12H13N3O5S/c1-2-15(8-4-3-5-9(16)6-8)21(19,20)11-10(12(17)18)7-13-14-11/h3-7,16H,2H2,1H3,(H,13,14)(H,17,18). The zero-order valence-corrected chi connectivity index (χ0v) is 11.8. The van der Waals surface area contributed by atoms with Gasteiger partial charge in [0.05, 0.1) is 11.9 Å². The topological polar surface area (TPSA) is 124 Å². The largest absolute Gasteiger partial charge is 0.508 e. The predicted molar refractivity (Wildman–Crippen MR) is 73.9 cm³/mol. The van der Waals surface area contributed by atoms with Crippen LogP contribution in [0.4, 0.5) is 5.69 Å². The third-order valence-corrected chi connectivity index (χ3v) is 4.66. The van der Waals surface area contributed by atoms with E-state index in [1.165, 1.54) is 24.3 Å². The van der Waals surface area contributed by atoms with Crippen LogP contribution in [0.15, 0.2) is 35.5 Å². The van der Waals surface area contributed by atoms with E-state index in [0.29, 0.717) is 0 Å². The number of phenols is 1. The van der Waals surface area contributed by atoms with Crippen molar-refractivity contribution in [1.82, 2.24) is 10.2 Å². The summed E-state index contributed by atoms with van der Waals surface area (Å²) >= 11 is 0. The van der Waals surface area contributed by atoms with Crippen LogP contribution in [-0.4, -0.2) is 41.3 Å². The van der Waals surface area contributed by atoms with Crippen LogP contribution >= 0.6 is 0 Å². The van der Waals surface area contributed by atoms with Crippen molar-refractivity contribution in [3.05, 3.63) is 36.0 Å². The van der Waals surface area contributed by atoms with Gasteiger partial charge < -0.3 is 10.2 Å². The number of hydrogen-bond acceptors (Lipinski definition) is 5. The second kappa shape index (κ2) is 5.44. The summed E-state index contributed by atoms with van der Waals surface area (Å²) in [6.07, 6.45) is 0.936. The zero-order chi connectivity index (χ0) is 15.6. The summed E-state index contributed by atoms with van der Waals surface area (Å²) in [7, 11) is -4.13. The van der Waals surface area contributed by atoms with Gasteiger partial charge in [0.2, 0.25) is 0 Å². The molecule has 0 fully saturated rings. The second-order valence-corrected chi connectivity index (χ2v) is 5.91. The van der Waals surface area contributed by atoms with Crippen LogP contribution in [0.1, 0.15) is 17.3 Å².